The van der Waals surface area contributed by atoms with Gasteiger partial charge in [-0.15, -0.1) is 11.6 Å². The minimum atomic E-state index is -0.949. The maximum atomic E-state index is 11.0. The maximum absolute atomic E-state index is 11.0. The van der Waals surface area contributed by atoms with Crippen molar-refractivity contribution in [2.45, 2.75) is 18.4 Å². The molecule has 20 heavy (non-hydrogen) atoms. The molecule has 1 atom stereocenters. The third kappa shape index (κ3) is 3.53. The highest BCUT2D eigenvalue weighted by Crippen LogP contribution is 2.30. The van der Waals surface area contributed by atoms with Gasteiger partial charge in [0, 0.05) is 12.3 Å². The number of rotatable bonds is 6. The number of hydrogen-bond acceptors (Lipinski definition) is 2. The molecular weight excluding hydrogens is 272 g/mol. The Hall–Kier alpha value is -1.51. The molecule has 0 aromatic heterocycles. The zero-order valence-corrected chi connectivity index (χ0v) is 12.3. The summed E-state index contributed by atoms with van der Waals surface area (Å²) in [6.07, 6.45) is 1.02. The Morgan fingerprint density at radius 3 is 2.50 bits per heavy atom. The molecule has 2 aromatic carbocycles. The monoisotopic (exact) mass is 290 g/mol. The fourth-order valence-corrected chi connectivity index (χ4v) is 2.67. The van der Waals surface area contributed by atoms with E-state index in [0.717, 1.165) is 16.9 Å². The van der Waals surface area contributed by atoms with Crippen molar-refractivity contribution >= 4 is 11.6 Å². The maximum Gasteiger partial charge on any atom is 0.119 e. The summed E-state index contributed by atoms with van der Waals surface area (Å²) >= 11 is 5.88. The molecule has 2 rings (SSSR count). The molecule has 0 aliphatic heterocycles. The van der Waals surface area contributed by atoms with Gasteiger partial charge in [-0.3, -0.25) is 0 Å². The van der Waals surface area contributed by atoms with Crippen molar-refractivity contribution in [2.24, 2.45) is 0 Å². The van der Waals surface area contributed by atoms with E-state index in [1.165, 1.54) is 0 Å². The van der Waals surface area contributed by atoms with Gasteiger partial charge in [0.2, 0.25) is 0 Å². The second-order valence-electron chi connectivity index (χ2n) is 4.86. The molecule has 0 heterocycles. The molecule has 0 saturated carbocycles. The first-order valence-electron chi connectivity index (χ1n) is 6.65. The lowest BCUT2D eigenvalue weighted by atomic mass is 9.85. The molecule has 2 aromatic rings. The third-order valence-corrected chi connectivity index (χ3v) is 3.64. The molecule has 0 aliphatic rings. The summed E-state index contributed by atoms with van der Waals surface area (Å²) in [5.74, 6) is 1.21. The van der Waals surface area contributed by atoms with Crippen LogP contribution >= 0.6 is 11.6 Å². The Labute approximate surface area is 125 Å². The predicted molar refractivity (Wildman–Crippen MR) is 82.4 cm³/mol. The van der Waals surface area contributed by atoms with Crippen LogP contribution in [0.25, 0.3) is 0 Å². The summed E-state index contributed by atoms with van der Waals surface area (Å²) in [4.78, 5) is 0. The molecule has 3 heteroatoms. The zero-order valence-electron chi connectivity index (χ0n) is 11.6. The average Bonchev–Trinajstić information content (AvgIpc) is 2.48. The Morgan fingerprint density at radius 1 is 1.10 bits per heavy atom. The SMILES string of the molecule is COc1cccc(CC(O)(CCCl)c2ccccc2)c1. The molecule has 2 nitrogen and oxygen atoms in total. The van der Waals surface area contributed by atoms with E-state index >= 15 is 0 Å². The third-order valence-electron chi connectivity index (χ3n) is 3.45. The number of aliphatic hydroxyl groups is 1. The van der Waals surface area contributed by atoms with Crippen LogP contribution in [0.5, 0.6) is 5.75 Å². The van der Waals surface area contributed by atoms with Gasteiger partial charge in [-0.25, -0.2) is 0 Å². The van der Waals surface area contributed by atoms with E-state index in [9.17, 15) is 5.11 Å². The lowest BCUT2D eigenvalue weighted by Crippen LogP contribution is -2.29. The Balaban J connectivity index is 2.29. The van der Waals surface area contributed by atoms with E-state index in [1.54, 1.807) is 7.11 Å². The summed E-state index contributed by atoms with van der Waals surface area (Å²) in [5, 5.41) is 11.0. The lowest BCUT2D eigenvalue weighted by Gasteiger charge is -2.28. The lowest BCUT2D eigenvalue weighted by molar-refractivity contribution is 0.0336. The minimum Gasteiger partial charge on any atom is -0.497 e. The van der Waals surface area contributed by atoms with Gasteiger partial charge in [0.1, 0.15) is 5.75 Å². The molecule has 0 amide bonds. The highest BCUT2D eigenvalue weighted by Gasteiger charge is 2.28. The summed E-state index contributed by atoms with van der Waals surface area (Å²) in [6, 6.07) is 17.4. The van der Waals surface area contributed by atoms with E-state index < -0.39 is 5.60 Å². The molecule has 1 unspecified atom stereocenters. The number of hydrogen-bond donors (Lipinski definition) is 1. The second kappa shape index (κ2) is 6.78. The first-order valence-corrected chi connectivity index (χ1v) is 7.18. The standard InChI is InChI=1S/C17H19ClO2/c1-20-16-9-5-6-14(12-16)13-17(19,10-11-18)15-7-3-2-4-8-15/h2-9,12,19H,10-11,13H2,1H3. The highest BCUT2D eigenvalue weighted by molar-refractivity contribution is 6.17. The Kier molecular flexibility index (Phi) is 5.05. The van der Waals surface area contributed by atoms with Gasteiger partial charge in [0.25, 0.3) is 0 Å². The smallest absolute Gasteiger partial charge is 0.119 e. The van der Waals surface area contributed by atoms with Gasteiger partial charge < -0.3 is 9.84 Å². The molecule has 1 N–H and O–H groups in total. The molecule has 0 saturated heterocycles. The number of halogens is 1. The van der Waals surface area contributed by atoms with Gasteiger partial charge in [-0.1, -0.05) is 42.5 Å². The van der Waals surface area contributed by atoms with Crippen molar-refractivity contribution in [1.82, 2.24) is 0 Å². The van der Waals surface area contributed by atoms with E-state index in [1.807, 2.05) is 54.6 Å². The van der Waals surface area contributed by atoms with Crippen LogP contribution in [0.4, 0.5) is 0 Å². The number of methoxy groups -OCH3 is 1. The van der Waals surface area contributed by atoms with Crippen molar-refractivity contribution in [3.63, 3.8) is 0 Å². The Morgan fingerprint density at radius 2 is 1.85 bits per heavy atom. The molecule has 106 valence electrons. The van der Waals surface area contributed by atoms with Crippen LogP contribution in [0.1, 0.15) is 17.5 Å². The predicted octanol–water partition coefficient (Wildman–Crippen LogP) is 3.75. The summed E-state index contributed by atoms with van der Waals surface area (Å²) in [5.41, 5.74) is 0.972. The fourth-order valence-electron chi connectivity index (χ4n) is 2.36. The zero-order chi connectivity index (χ0) is 14.4. The molecule has 0 aliphatic carbocycles. The van der Waals surface area contributed by atoms with Crippen LogP contribution in [-0.4, -0.2) is 18.1 Å². The topological polar surface area (TPSA) is 29.5 Å². The quantitative estimate of drug-likeness (QED) is 0.821. The molecular formula is C17H19ClO2. The number of benzene rings is 2. The van der Waals surface area contributed by atoms with E-state index in [0.29, 0.717) is 18.7 Å². The van der Waals surface area contributed by atoms with Crippen molar-refractivity contribution in [1.29, 1.82) is 0 Å². The van der Waals surface area contributed by atoms with Crippen molar-refractivity contribution < 1.29 is 9.84 Å². The van der Waals surface area contributed by atoms with Crippen LogP contribution < -0.4 is 4.74 Å². The van der Waals surface area contributed by atoms with Gasteiger partial charge in [0.15, 0.2) is 0 Å². The first-order chi connectivity index (χ1) is 9.68. The summed E-state index contributed by atoms with van der Waals surface area (Å²) in [7, 11) is 1.64. The van der Waals surface area contributed by atoms with Crippen LogP contribution in [0.3, 0.4) is 0 Å². The molecule has 0 fully saturated rings. The van der Waals surface area contributed by atoms with E-state index in [2.05, 4.69) is 0 Å². The van der Waals surface area contributed by atoms with Gasteiger partial charge in [-0.2, -0.15) is 0 Å². The number of alkyl halides is 1. The van der Waals surface area contributed by atoms with Gasteiger partial charge in [-0.05, 0) is 29.7 Å². The van der Waals surface area contributed by atoms with Crippen molar-refractivity contribution in [3.05, 3.63) is 65.7 Å². The average molecular weight is 291 g/mol. The molecule has 0 radical (unpaired) electrons. The van der Waals surface area contributed by atoms with Gasteiger partial charge in [0.05, 0.1) is 12.7 Å². The van der Waals surface area contributed by atoms with Crippen molar-refractivity contribution in [2.75, 3.05) is 13.0 Å². The van der Waals surface area contributed by atoms with Gasteiger partial charge >= 0.3 is 0 Å². The van der Waals surface area contributed by atoms with Crippen LogP contribution in [0.2, 0.25) is 0 Å². The largest absolute Gasteiger partial charge is 0.497 e. The van der Waals surface area contributed by atoms with E-state index in [-0.39, 0.29) is 0 Å². The second-order valence-corrected chi connectivity index (χ2v) is 5.24. The van der Waals surface area contributed by atoms with Crippen LogP contribution in [0.15, 0.2) is 54.6 Å². The number of ether oxygens (including phenoxy) is 1. The summed E-state index contributed by atoms with van der Waals surface area (Å²) < 4.78 is 5.23. The summed E-state index contributed by atoms with van der Waals surface area (Å²) in [6.45, 7) is 0. The van der Waals surface area contributed by atoms with E-state index in [4.69, 9.17) is 16.3 Å². The minimum absolute atomic E-state index is 0.412. The normalized spacial score (nSPS) is 13.8. The molecule has 0 bridgehead atoms. The van der Waals surface area contributed by atoms with Crippen molar-refractivity contribution in [3.8, 4) is 5.75 Å². The highest BCUT2D eigenvalue weighted by atomic mass is 35.5. The van der Waals surface area contributed by atoms with Crippen LogP contribution in [-0.2, 0) is 12.0 Å². The van der Waals surface area contributed by atoms with Crippen LogP contribution in [0, 0.1) is 0 Å². The molecule has 0 spiro atoms. The Bertz CT molecular complexity index is 542. The first kappa shape index (κ1) is 14.9. The fraction of sp³-hybridized carbons (Fsp3) is 0.294.